The minimum absolute atomic E-state index is 0.117. The number of pyridine rings is 1. The largest absolute Gasteiger partial charge is 0.387 e. The molecule has 426 valence electrons. The van der Waals surface area contributed by atoms with E-state index in [9.17, 15) is 28.8 Å². The molecule has 0 spiro atoms. The van der Waals surface area contributed by atoms with Gasteiger partial charge in [-0.3, -0.25) is 43.5 Å². The molecule has 3 aliphatic rings. The number of amidine groups is 1. The standard InChI is InChI=1S/C50H78N8O18/c1-3-9-58(76-4-2)50(64)39-32-42-43(55-44(51)34-39)33-40(35-53-42)49(63)56-10-13-75-41(37-56)36-54-45(59)7-11-65-14-16-67-18-20-69-22-24-71-26-28-73-30-31-74-29-27-72-25-23-70-21-19-68-17-15-66-12-8-52-46(60)38-57-47(61)5-6-48(57)62/h5-6,32-33,35,41H,3-4,7-31,34,36-38H2,1-2H3,(H2,51,55)(H,52,60)(H,54,59). The van der Waals surface area contributed by atoms with Crippen molar-refractivity contribution in [3.8, 4) is 0 Å². The van der Waals surface area contributed by atoms with Crippen molar-refractivity contribution in [1.29, 1.82) is 0 Å². The maximum atomic E-state index is 13.5. The van der Waals surface area contributed by atoms with E-state index in [1.54, 1.807) is 17.0 Å². The van der Waals surface area contributed by atoms with Gasteiger partial charge in [0.15, 0.2) is 0 Å². The zero-order valence-corrected chi connectivity index (χ0v) is 44.0. The molecule has 6 amide bonds. The number of aliphatic imine (C=N–C) groups is 1. The van der Waals surface area contributed by atoms with E-state index in [1.165, 1.54) is 11.3 Å². The molecule has 0 bridgehead atoms. The van der Waals surface area contributed by atoms with Crippen molar-refractivity contribution in [2.24, 2.45) is 10.7 Å². The van der Waals surface area contributed by atoms with Crippen LogP contribution in [0.3, 0.4) is 0 Å². The molecule has 0 radical (unpaired) electrons. The van der Waals surface area contributed by atoms with Crippen LogP contribution in [0.1, 0.15) is 49.2 Å². The lowest BCUT2D eigenvalue weighted by molar-refractivity contribution is -0.180. The summed E-state index contributed by atoms with van der Waals surface area (Å²) >= 11 is 0. The lowest BCUT2D eigenvalue weighted by Gasteiger charge is -2.33. The molecule has 26 heteroatoms. The van der Waals surface area contributed by atoms with Gasteiger partial charge < -0.3 is 73.4 Å². The minimum atomic E-state index is -0.501. The second kappa shape index (κ2) is 39.1. The van der Waals surface area contributed by atoms with Gasteiger partial charge in [0.1, 0.15) is 12.4 Å². The SMILES string of the molecule is CCCN(OCC)C(=O)C1=Cc2ncc(C(=O)N3CCOC(CNC(=O)CCOCCOCCOCCOCCOCCOCCOCCOCCOCCOCCNC(=O)CN4C(=O)C=CC4=O)C3)cc2N=C(N)C1. The van der Waals surface area contributed by atoms with E-state index in [0.717, 1.165) is 23.5 Å². The Morgan fingerprint density at radius 2 is 1.22 bits per heavy atom. The van der Waals surface area contributed by atoms with Crippen LogP contribution in [0.2, 0.25) is 0 Å². The third-order valence-corrected chi connectivity index (χ3v) is 10.8. The molecule has 3 aliphatic heterocycles. The Morgan fingerprint density at radius 3 is 1.74 bits per heavy atom. The molecule has 4 rings (SSSR count). The number of nitrogens with two attached hydrogens (primary N) is 1. The summed E-state index contributed by atoms with van der Waals surface area (Å²) in [6.07, 6.45) is 5.95. The number of ether oxygens (including phenoxy) is 11. The molecular weight excluding hydrogens is 1000 g/mol. The van der Waals surface area contributed by atoms with E-state index in [-0.39, 0.29) is 75.8 Å². The lowest BCUT2D eigenvalue weighted by atomic mass is 10.1. The normalized spacial score (nSPS) is 15.4. The highest BCUT2D eigenvalue weighted by atomic mass is 16.7. The fourth-order valence-corrected chi connectivity index (χ4v) is 7.09. The van der Waals surface area contributed by atoms with Gasteiger partial charge in [0.25, 0.3) is 23.6 Å². The van der Waals surface area contributed by atoms with E-state index in [4.69, 9.17) is 62.7 Å². The molecule has 4 N–H and O–H groups in total. The topological polar surface area (TPSA) is 298 Å². The van der Waals surface area contributed by atoms with Crippen molar-refractivity contribution < 1.29 is 85.7 Å². The zero-order valence-electron chi connectivity index (χ0n) is 44.0. The first-order valence-electron chi connectivity index (χ1n) is 25.8. The summed E-state index contributed by atoms with van der Waals surface area (Å²) in [4.78, 5) is 90.9. The Balaban J connectivity index is 0.854. The number of hydrogen-bond donors (Lipinski definition) is 3. The van der Waals surface area contributed by atoms with Gasteiger partial charge >= 0.3 is 0 Å². The summed E-state index contributed by atoms with van der Waals surface area (Å²) < 4.78 is 60.7. The van der Waals surface area contributed by atoms with Gasteiger partial charge in [-0.2, -0.15) is 0 Å². The van der Waals surface area contributed by atoms with Crippen LogP contribution in [-0.2, 0) is 80.9 Å². The predicted octanol–water partition coefficient (Wildman–Crippen LogP) is -0.398. The first-order chi connectivity index (χ1) is 37.1. The number of hydrogen-bond acceptors (Lipinski definition) is 21. The van der Waals surface area contributed by atoms with E-state index >= 15 is 0 Å². The van der Waals surface area contributed by atoms with Gasteiger partial charge in [-0.25, -0.2) is 10.1 Å². The first kappa shape index (κ1) is 63.2. The van der Waals surface area contributed by atoms with Crippen LogP contribution in [0.15, 0.2) is 35.0 Å². The molecule has 0 saturated carbocycles. The summed E-state index contributed by atoms with van der Waals surface area (Å²) in [5, 5.41) is 6.76. The van der Waals surface area contributed by atoms with Crippen molar-refractivity contribution >= 4 is 53.0 Å². The van der Waals surface area contributed by atoms with Gasteiger partial charge in [0, 0.05) is 69.5 Å². The molecule has 4 heterocycles. The Morgan fingerprint density at radius 1 is 0.711 bits per heavy atom. The second-order valence-electron chi connectivity index (χ2n) is 16.8. The van der Waals surface area contributed by atoms with Crippen LogP contribution in [0.25, 0.3) is 6.08 Å². The van der Waals surface area contributed by atoms with E-state index in [2.05, 4.69) is 20.6 Å². The maximum absolute atomic E-state index is 13.5. The zero-order chi connectivity index (χ0) is 54.4. The molecule has 1 atom stereocenters. The Labute approximate surface area is 444 Å². The van der Waals surface area contributed by atoms with Gasteiger partial charge in [-0.05, 0) is 25.5 Å². The van der Waals surface area contributed by atoms with Crippen molar-refractivity contribution in [1.82, 2.24) is 30.5 Å². The molecule has 0 aromatic carbocycles. The van der Waals surface area contributed by atoms with E-state index in [0.29, 0.717) is 168 Å². The van der Waals surface area contributed by atoms with Crippen molar-refractivity contribution in [2.75, 3.05) is 185 Å². The van der Waals surface area contributed by atoms with Crippen LogP contribution >= 0.6 is 0 Å². The average Bonchev–Trinajstić information content (AvgIpc) is 3.62. The molecule has 1 saturated heterocycles. The second-order valence-corrected chi connectivity index (χ2v) is 16.8. The smallest absolute Gasteiger partial charge is 0.273 e. The number of nitrogens with one attached hydrogen (secondary N) is 2. The number of carbonyl (C=O) groups excluding carboxylic acids is 6. The predicted molar refractivity (Wildman–Crippen MR) is 272 cm³/mol. The lowest BCUT2D eigenvalue weighted by Crippen LogP contribution is -2.49. The number of rotatable bonds is 43. The number of carbonyl (C=O) groups is 6. The average molecular weight is 1080 g/mol. The maximum Gasteiger partial charge on any atom is 0.273 e. The minimum Gasteiger partial charge on any atom is -0.387 e. The van der Waals surface area contributed by atoms with Crippen LogP contribution < -0.4 is 16.4 Å². The van der Waals surface area contributed by atoms with Crippen LogP contribution in [-0.4, -0.2) is 252 Å². The van der Waals surface area contributed by atoms with Gasteiger partial charge in [-0.1, -0.05) is 6.92 Å². The van der Waals surface area contributed by atoms with Crippen LogP contribution in [0.4, 0.5) is 5.69 Å². The highest BCUT2D eigenvalue weighted by Gasteiger charge is 2.28. The molecule has 1 unspecified atom stereocenters. The number of nitrogens with zero attached hydrogens (tertiary/aromatic N) is 5. The van der Waals surface area contributed by atoms with Crippen LogP contribution in [0, 0.1) is 0 Å². The van der Waals surface area contributed by atoms with Gasteiger partial charge in [0.2, 0.25) is 11.8 Å². The van der Waals surface area contributed by atoms with Crippen LogP contribution in [0.5, 0.6) is 0 Å². The van der Waals surface area contributed by atoms with Gasteiger partial charge in [0.05, 0.1) is 168 Å². The monoisotopic (exact) mass is 1080 g/mol. The fourth-order valence-electron chi connectivity index (χ4n) is 7.09. The molecular formula is C50H78N8O18. The first-order valence-corrected chi connectivity index (χ1v) is 25.8. The summed E-state index contributed by atoms with van der Waals surface area (Å²) in [5.74, 6) is -1.99. The number of aromatic nitrogens is 1. The molecule has 26 nitrogen and oxygen atoms in total. The molecule has 0 aliphatic carbocycles. The molecule has 1 fully saturated rings. The fraction of sp³-hybridized carbons (Fsp3) is 0.680. The highest BCUT2D eigenvalue weighted by molar-refractivity contribution is 6.14. The van der Waals surface area contributed by atoms with Crippen molar-refractivity contribution in [2.45, 2.75) is 39.2 Å². The number of morpholine rings is 1. The van der Waals surface area contributed by atoms with Crippen molar-refractivity contribution in [3.05, 3.63) is 41.2 Å². The van der Waals surface area contributed by atoms with E-state index < -0.39 is 23.8 Å². The number of amides is 6. The molecule has 1 aromatic rings. The number of fused-ring (bicyclic) bond motifs is 1. The number of hydroxylamine groups is 2. The van der Waals surface area contributed by atoms with Gasteiger partial charge in [-0.15, -0.1) is 0 Å². The summed E-state index contributed by atoms with van der Waals surface area (Å²) in [5.41, 5.74) is 7.71. The molecule has 1 aromatic heterocycles. The summed E-state index contributed by atoms with van der Waals surface area (Å²) in [6.45, 7) is 13.5. The van der Waals surface area contributed by atoms with Crippen molar-refractivity contribution in [3.63, 3.8) is 0 Å². The third-order valence-electron chi connectivity index (χ3n) is 10.8. The Bertz CT molecular complexity index is 1990. The van der Waals surface area contributed by atoms with E-state index in [1.807, 2.05) is 13.8 Å². The molecule has 76 heavy (non-hydrogen) atoms. The third kappa shape index (κ3) is 26.1. The Hall–Kier alpha value is -5.36. The number of imide groups is 1. The Kier molecular flexibility index (Phi) is 32.5. The quantitative estimate of drug-likeness (QED) is 0.0426. The summed E-state index contributed by atoms with van der Waals surface area (Å²) in [6, 6.07) is 1.62. The highest BCUT2D eigenvalue weighted by Crippen LogP contribution is 2.27. The summed E-state index contributed by atoms with van der Waals surface area (Å²) in [7, 11) is 0.